The first kappa shape index (κ1) is 14.0. The first-order chi connectivity index (χ1) is 9.00. The van der Waals surface area contributed by atoms with Crippen LogP contribution < -0.4 is 0 Å². The van der Waals surface area contributed by atoms with E-state index in [9.17, 15) is 14.7 Å². The Labute approximate surface area is 116 Å². The fourth-order valence-corrected chi connectivity index (χ4v) is 3.04. The van der Waals surface area contributed by atoms with Gasteiger partial charge in [-0.2, -0.15) is 0 Å². The number of carboxylic acid groups (broad SMARTS) is 1. The SMILES string of the molecule is CC(C)c1nc(C(=O)N2CCCCC2C(=O)O)cs1. The van der Waals surface area contributed by atoms with E-state index in [1.165, 1.54) is 16.2 Å². The molecule has 1 unspecified atom stereocenters. The number of hydrogen-bond acceptors (Lipinski definition) is 4. The molecule has 5 nitrogen and oxygen atoms in total. The van der Waals surface area contributed by atoms with E-state index in [2.05, 4.69) is 4.98 Å². The molecule has 0 spiro atoms. The number of aliphatic carboxylic acids is 1. The van der Waals surface area contributed by atoms with Crippen molar-refractivity contribution in [3.63, 3.8) is 0 Å². The lowest BCUT2D eigenvalue weighted by molar-refractivity contribution is -0.143. The summed E-state index contributed by atoms with van der Waals surface area (Å²) >= 11 is 1.45. The number of piperidine rings is 1. The number of hydrogen-bond donors (Lipinski definition) is 1. The molecule has 0 saturated carbocycles. The molecule has 1 saturated heterocycles. The smallest absolute Gasteiger partial charge is 0.326 e. The molecule has 1 aliphatic heterocycles. The number of carboxylic acids is 1. The lowest BCUT2D eigenvalue weighted by Crippen LogP contribution is -2.48. The molecular weight excluding hydrogens is 264 g/mol. The summed E-state index contributed by atoms with van der Waals surface area (Å²) in [5.41, 5.74) is 0.377. The zero-order valence-electron chi connectivity index (χ0n) is 11.1. The van der Waals surface area contributed by atoms with Gasteiger partial charge in [-0.15, -0.1) is 11.3 Å². The summed E-state index contributed by atoms with van der Waals surface area (Å²) in [6.45, 7) is 4.55. The number of rotatable bonds is 3. The average Bonchev–Trinajstić information content (AvgIpc) is 2.87. The number of thiazole rings is 1. The normalized spacial score (nSPS) is 19.7. The summed E-state index contributed by atoms with van der Waals surface area (Å²) < 4.78 is 0. The molecule has 0 radical (unpaired) electrons. The van der Waals surface area contributed by atoms with Crippen LogP contribution in [-0.2, 0) is 4.79 Å². The first-order valence-corrected chi connectivity index (χ1v) is 7.38. The number of nitrogens with zero attached hydrogens (tertiary/aromatic N) is 2. The van der Waals surface area contributed by atoms with Gasteiger partial charge >= 0.3 is 5.97 Å². The molecule has 0 aliphatic carbocycles. The Kier molecular flexibility index (Phi) is 4.19. The minimum atomic E-state index is -0.924. The number of likely N-dealkylation sites (tertiary alicyclic amines) is 1. The molecule has 1 aromatic rings. The molecule has 1 atom stereocenters. The van der Waals surface area contributed by atoms with Crippen molar-refractivity contribution >= 4 is 23.2 Å². The fraction of sp³-hybridized carbons (Fsp3) is 0.615. The van der Waals surface area contributed by atoms with Crippen LogP contribution in [-0.4, -0.2) is 39.5 Å². The molecule has 1 aromatic heterocycles. The van der Waals surface area contributed by atoms with E-state index in [0.717, 1.165) is 17.8 Å². The second-order valence-electron chi connectivity index (χ2n) is 5.07. The van der Waals surface area contributed by atoms with Crippen molar-refractivity contribution in [3.05, 3.63) is 16.1 Å². The number of carbonyl (C=O) groups excluding carboxylic acids is 1. The minimum Gasteiger partial charge on any atom is -0.480 e. The van der Waals surface area contributed by atoms with Crippen LogP contribution in [0, 0.1) is 0 Å². The quantitative estimate of drug-likeness (QED) is 0.923. The Hall–Kier alpha value is -1.43. The number of aromatic nitrogens is 1. The van der Waals surface area contributed by atoms with Gasteiger partial charge < -0.3 is 10.0 Å². The Balaban J connectivity index is 2.18. The van der Waals surface area contributed by atoms with Gasteiger partial charge in [0.1, 0.15) is 11.7 Å². The Morgan fingerprint density at radius 3 is 2.79 bits per heavy atom. The monoisotopic (exact) mass is 282 g/mol. The molecule has 0 bridgehead atoms. The highest BCUT2D eigenvalue weighted by Gasteiger charge is 2.33. The van der Waals surface area contributed by atoms with Crippen molar-refractivity contribution in [2.24, 2.45) is 0 Å². The minimum absolute atomic E-state index is 0.254. The largest absolute Gasteiger partial charge is 0.480 e. The van der Waals surface area contributed by atoms with Crippen LogP contribution in [0.2, 0.25) is 0 Å². The van der Waals surface area contributed by atoms with Crippen LogP contribution in [0.15, 0.2) is 5.38 Å². The van der Waals surface area contributed by atoms with E-state index in [1.807, 2.05) is 13.8 Å². The van der Waals surface area contributed by atoms with Crippen molar-refractivity contribution in [2.45, 2.75) is 45.1 Å². The van der Waals surface area contributed by atoms with Crippen LogP contribution in [0.4, 0.5) is 0 Å². The van der Waals surface area contributed by atoms with E-state index in [-0.39, 0.29) is 11.8 Å². The Bertz CT molecular complexity index is 484. The summed E-state index contributed by atoms with van der Waals surface area (Å²) in [5, 5.41) is 11.8. The molecule has 1 amide bonds. The molecule has 1 fully saturated rings. The Morgan fingerprint density at radius 2 is 2.21 bits per heavy atom. The van der Waals surface area contributed by atoms with Crippen LogP contribution in [0.3, 0.4) is 0 Å². The highest BCUT2D eigenvalue weighted by Crippen LogP contribution is 2.23. The van der Waals surface area contributed by atoms with Crippen LogP contribution in [0.5, 0.6) is 0 Å². The van der Waals surface area contributed by atoms with Gasteiger partial charge in [-0.25, -0.2) is 9.78 Å². The lowest BCUT2D eigenvalue weighted by atomic mass is 10.0. The molecule has 19 heavy (non-hydrogen) atoms. The Morgan fingerprint density at radius 1 is 1.47 bits per heavy atom. The summed E-state index contributed by atoms with van der Waals surface area (Å²) in [4.78, 5) is 29.3. The molecule has 104 valence electrons. The maximum atomic E-state index is 12.4. The zero-order chi connectivity index (χ0) is 14.0. The van der Waals surface area contributed by atoms with Gasteiger partial charge in [0.15, 0.2) is 0 Å². The van der Waals surface area contributed by atoms with Crippen LogP contribution in [0.1, 0.15) is 54.5 Å². The van der Waals surface area contributed by atoms with E-state index in [4.69, 9.17) is 0 Å². The third-order valence-electron chi connectivity index (χ3n) is 3.28. The van der Waals surface area contributed by atoms with Crippen molar-refractivity contribution in [1.82, 2.24) is 9.88 Å². The lowest BCUT2D eigenvalue weighted by Gasteiger charge is -2.32. The third-order valence-corrected chi connectivity index (χ3v) is 4.43. The van der Waals surface area contributed by atoms with Crippen LogP contribution in [0.25, 0.3) is 0 Å². The average molecular weight is 282 g/mol. The van der Waals surface area contributed by atoms with E-state index >= 15 is 0 Å². The predicted octanol–water partition coefficient (Wildman–Crippen LogP) is 2.35. The summed E-state index contributed by atoms with van der Waals surface area (Å²) in [7, 11) is 0. The molecule has 2 rings (SSSR count). The van der Waals surface area contributed by atoms with Gasteiger partial charge in [-0.1, -0.05) is 13.8 Å². The second-order valence-corrected chi connectivity index (χ2v) is 5.96. The predicted molar refractivity (Wildman–Crippen MR) is 72.5 cm³/mol. The molecule has 1 aliphatic rings. The van der Waals surface area contributed by atoms with Gasteiger partial charge in [0, 0.05) is 17.8 Å². The standard InChI is InChI=1S/C13H18N2O3S/c1-8(2)11-14-9(7-19-11)12(16)15-6-4-3-5-10(15)13(17)18/h7-8,10H,3-6H2,1-2H3,(H,17,18). The van der Waals surface area contributed by atoms with Crippen molar-refractivity contribution in [2.75, 3.05) is 6.54 Å². The summed E-state index contributed by atoms with van der Waals surface area (Å²) in [6.07, 6.45) is 2.24. The van der Waals surface area contributed by atoms with Crippen molar-refractivity contribution in [1.29, 1.82) is 0 Å². The van der Waals surface area contributed by atoms with E-state index in [1.54, 1.807) is 5.38 Å². The molecule has 0 aromatic carbocycles. The topological polar surface area (TPSA) is 70.5 Å². The van der Waals surface area contributed by atoms with Crippen molar-refractivity contribution < 1.29 is 14.7 Å². The maximum absolute atomic E-state index is 12.4. The second kappa shape index (κ2) is 5.69. The molecular formula is C13H18N2O3S. The first-order valence-electron chi connectivity index (χ1n) is 6.50. The van der Waals surface area contributed by atoms with Gasteiger partial charge in [-0.3, -0.25) is 4.79 Å². The van der Waals surface area contributed by atoms with Crippen molar-refractivity contribution in [3.8, 4) is 0 Å². The molecule has 1 N–H and O–H groups in total. The third kappa shape index (κ3) is 2.94. The fourth-order valence-electron chi connectivity index (χ4n) is 2.23. The van der Waals surface area contributed by atoms with Gasteiger partial charge in [-0.05, 0) is 19.3 Å². The van der Waals surface area contributed by atoms with Gasteiger partial charge in [0.05, 0.1) is 5.01 Å². The molecule has 6 heteroatoms. The van der Waals surface area contributed by atoms with Gasteiger partial charge in [0.25, 0.3) is 5.91 Å². The highest BCUT2D eigenvalue weighted by atomic mass is 32.1. The summed E-state index contributed by atoms with van der Waals surface area (Å²) in [5.74, 6) is -0.897. The van der Waals surface area contributed by atoms with Gasteiger partial charge in [0.2, 0.25) is 0 Å². The van der Waals surface area contributed by atoms with E-state index < -0.39 is 12.0 Å². The van der Waals surface area contributed by atoms with Crippen LogP contribution >= 0.6 is 11.3 Å². The maximum Gasteiger partial charge on any atom is 0.326 e. The molecule has 2 heterocycles. The summed E-state index contributed by atoms with van der Waals surface area (Å²) in [6, 6.07) is -0.703. The zero-order valence-corrected chi connectivity index (χ0v) is 11.9. The highest BCUT2D eigenvalue weighted by molar-refractivity contribution is 7.09. The van der Waals surface area contributed by atoms with E-state index in [0.29, 0.717) is 18.7 Å². The number of carbonyl (C=O) groups is 2. The number of amides is 1.